The van der Waals surface area contributed by atoms with Crippen molar-refractivity contribution in [1.82, 2.24) is 0 Å². The fraction of sp³-hybridized carbons (Fsp3) is 0.350. The van der Waals surface area contributed by atoms with Crippen LogP contribution in [0.5, 0.6) is 0 Å². The summed E-state index contributed by atoms with van der Waals surface area (Å²) in [6.45, 7) is 0. The molecule has 0 aromatic heterocycles. The molecule has 0 saturated carbocycles. The van der Waals surface area contributed by atoms with Gasteiger partial charge in [0.05, 0.1) is 28.2 Å². The lowest BCUT2D eigenvalue weighted by Gasteiger charge is -2.41. The first-order valence-electron chi connectivity index (χ1n) is 17.4. The number of ether oxygens (including phenoxy) is 1. The van der Waals surface area contributed by atoms with Crippen LogP contribution in [-0.4, -0.2) is 43.7 Å². The van der Waals surface area contributed by atoms with E-state index in [0.717, 1.165) is 24.3 Å². The SMILES string of the molecule is N#Cc1cc(F)cc2c1[C@@H](c1ccc(S(=O)O)c3c1C[C@@H](F)[C@H]3O)C[C@H](F)[C@@H]2O[C@H]1c2cc(F)cc(C#N)c2[C@@H](c2ccc(S)c3c2C[C@@H](F)[C@H]3O)C[C@@H]1F. The number of hydrogen-bond donors (Lipinski definition) is 4. The van der Waals surface area contributed by atoms with Gasteiger partial charge in [0, 0.05) is 40.7 Å². The third kappa shape index (κ3) is 5.99. The lowest BCUT2D eigenvalue weighted by Crippen LogP contribution is -2.35. The third-order valence-electron chi connectivity index (χ3n) is 11.5. The fourth-order valence-corrected chi connectivity index (χ4v) is 10.3. The number of nitriles is 2. The van der Waals surface area contributed by atoms with Crippen molar-refractivity contribution in [2.45, 2.75) is 96.4 Å². The molecule has 11 atom stereocenters. The number of halogens is 6. The number of rotatable bonds is 5. The standard InChI is InChI=1S/C40H30F6N2O5S2/c41-17-5-15(13-47)33-21(19-1-3-31(54)35-23(19)9-27(43)37(35)49)11-29(45)39(25(33)7-17)53-40-26-8-18(42)6-16(14-48)34(26)22(12-30(40)46)20-2-4-32(55(51)52)36-24(20)10-28(44)38(36)50/h1-8,21-22,27-30,37-40,49-50,54H,9-12H2,(H,51,52)/t21-,22-,27-,28-,29+,30+,37-,38-,39+,40-/m1/s1. The Hall–Kier alpha value is -4.22. The van der Waals surface area contributed by atoms with Crippen LogP contribution in [0.1, 0.15) is 116 Å². The highest BCUT2D eigenvalue weighted by atomic mass is 32.2. The van der Waals surface area contributed by atoms with Crippen LogP contribution in [0.15, 0.2) is 58.3 Å². The Morgan fingerprint density at radius 2 is 1.13 bits per heavy atom. The van der Waals surface area contributed by atoms with Crippen LogP contribution in [0.2, 0.25) is 0 Å². The van der Waals surface area contributed by atoms with E-state index in [0.29, 0.717) is 16.0 Å². The van der Waals surface area contributed by atoms with E-state index in [1.54, 1.807) is 6.07 Å². The third-order valence-corrected chi connectivity index (χ3v) is 12.6. The highest BCUT2D eigenvalue weighted by Gasteiger charge is 2.47. The lowest BCUT2D eigenvalue weighted by molar-refractivity contribution is -0.0984. The first kappa shape index (κ1) is 37.7. The van der Waals surface area contributed by atoms with E-state index in [-0.39, 0.29) is 79.8 Å². The first-order valence-corrected chi connectivity index (χ1v) is 18.9. The number of nitrogens with zero attached hydrogens (tertiary/aromatic N) is 2. The van der Waals surface area contributed by atoms with Crippen LogP contribution in [0.4, 0.5) is 26.3 Å². The fourth-order valence-electron chi connectivity index (χ4n) is 9.29. The largest absolute Gasteiger partial charge is 0.385 e. The molecule has 0 fully saturated rings. The highest BCUT2D eigenvalue weighted by Crippen LogP contribution is 2.54. The zero-order valence-electron chi connectivity index (χ0n) is 28.4. The van der Waals surface area contributed by atoms with Crippen molar-refractivity contribution < 1.29 is 50.1 Å². The summed E-state index contributed by atoms with van der Waals surface area (Å²) in [4.78, 5) is 0.0803. The predicted octanol–water partition coefficient (Wildman–Crippen LogP) is 7.98. The molecular formula is C40H30F6N2O5S2. The lowest BCUT2D eigenvalue weighted by atomic mass is 9.72. The van der Waals surface area contributed by atoms with E-state index < -0.39 is 90.1 Å². The molecule has 0 aliphatic heterocycles. The van der Waals surface area contributed by atoms with Crippen LogP contribution < -0.4 is 0 Å². The molecule has 0 spiro atoms. The summed E-state index contributed by atoms with van der Waals surface area (Å²) >= 11 is 1.77. The maximum atomic E-state index is 16.8. The Kier molecular flexibility index (Phi) is 9.64. The Morgan fingerprint density at radius 1 is 0.673 bits per heavy atom. The zero-order chi connectivity index (χ0) is 39.2. The molecule has 0 radical (unpaired) electrons. The molecule has 0 saturated heterocycles. The molecule has 7 nitrogen and oxygen atoms in total. The van der Waals surface area contributed by atoms with E-state index in [4.69, 9.17) is 4.74 Å². The number of aliphatic hydroxyl groups is 2. The number of fused-ring (bicyclic) bond motifs is 4. The minimum Gasteiger partial charge on any atom is -0.385 e. The van der Waals surface area contributed by atoms with Crippen LogP contribution >= 0.6 is 12.6 Å². The molecule has 15 heteroatoms. The van der Waals surface area contributed by atoms with E-state index in [9.17, 15) is 38.3 Å². The molecule has 8 rings (SSSR count). The van der Waals surface area contributed by atoms with Gasteiger partial charge in [-0.2, -0.15) is 10.5 Å². The average Bonchev–Trinajstić information content (AvgIpc) is 3.62. The van der Waals surface area contributed by atoms with Gasteiger partial charge in [-0.15, -0.1) is 12.6 Å². The first-order chi connectivity index (χ1) is 26.2. The monoisotopic (exact) mass is 796 g/mol. The minimum atomic E-state index is -2.61. The number of benzene rings is 4. The van der Waals surface area contributed by atoms with Gasteiger partial charge in [0.15, 0.2) is 11.1 Å². The quantitative estimate of drug-likeness (QED) is 0.0915. The summed E-state index contributed by atoms with van der Waals surface area (Å²) in [5.41, 5.74) is 0.824. The number of aliphatic hydroxyl groups excluding tert-OH is 2. The molecular weight excluding hydrogens is 767 g/mol. The van der Waals surface area contributed by atoms with E-state index in [1.165, 1.54) is 18.2 Å². The Morgan fingerprint density at radius 3 is 1.60 bits per heavy atom. The average molecular weight is 797 g/mol. The van der Waals surface area contributed by atoms with Gasteiger partial charge >= 0.3 is 0 Å². The molecule has 55 heavy (non-hydrogen) atoms. The molecule has 1 unspecified atom stereocenters. The summed E-state index contributed by atoms with van der Waals surface area (Å²) in [6.07, 6.45) is -15.6. The molecule has 4 aromatic carbocycles. The number of hydrogen-bond acceptors (Lipinski definition) is 7. The van der Waals surface area contributed by atoms with Gasteiger partial charge in [-0.25, -0.2) is 30.6 Å². The van der Waals surface area contributed by atoms with Crippen molar-refractivity contribution in [3.63, 3.8) is 0 Å². The summed E-state index contributed by atoms with van der Waals surface area (Å²) in [5.74, 6) is -3.87. The van der Waals surface area contributed by atoms with Crippen LogP contribution in [-0.2, 0) is 28.7 Å². The van der Waals surface area contributed by atoms with Crippen LogP contribution in [0, 0.1) is 34.3 Å². The van der Waals surface area contributed by atoms with E-state index >= 15 is 17.6 Å². The van der Waals surface area contributed by atoms with Crippen LogP contribution in [0.25, 0.3) is 0 Å². The molecule has 0 heterocycles. The second-order valence-electron chi connectivity index (χ2n) is 14.4. The normalized spacial score (nSPS) is 29.7. The maximum Gasteiger partial charge on any atom is 0.186 e. The summed E-state index contributed by atoms with van der Waals surface area (Å²) < 4.78 is 122. The number of thiol groups is 1. The van der Waals surface area contributed by atoms with Crippen molar-refractivity contribution in [3.05, 3.63) is 127 Å². The van der Waals surface area contributed by atoms with E-state index in [1.807, 2.05) is 12.1 Å². The van der Waals surface area contributed by atoms with Crippen molar-refractivity contribution in [3.8, 4) is 12.1 Å². The minimum absolute atomic E-state index is 0.0858. The van der Waals surface area contributed by atoms with Gasteiger partial charge < -0.3 is 19.5 Å². The van der Waals surface area contributed by atoms with Gasteiger partial charge in [0.2, 0.25) is 0 Å². The summed E-state index contributed by atoms with van der Waals surface area (Å²) in [6, 6.07) is 13.3. The molecule has 0 amide bonds. The molecule has 0 bridgehead atoms. The topological polar surface area (TPSA) is 135 Å². The van der Waals surface area contributed by atoms with Gasteiger partial charge in [-0.05, 0) is 93.7 Å². The number of alkyl halides is 4. The van der Waals surface area contributed by atoms with Crippen LogP contribution in [0.3, 0.4) is 0 Å². The summed E-state index contributed by atoms with van der Waals surface area (Å²) in [7, 11) is 0. The van der Waals surface area contributed by atoms with Crippen molar-refractivity contribution in [2.24, 2.45) is 0 Å². The predicted molar refractivity (Wildman–Crippen MR) is 188 cm³/mol. The van der Waals surface area contributed by atoms with E-state index in [2.05, 4.69) is 12.6 Å². The summed E-state index contributed by atoms with van der Waals surface area (Å²) in [5, 5.41) is 41.5. The molecule has 4 aliphatic rings. The Labute approximate surface area is 318 Å². The second-order valence-corrected chi connectivity index (χ2v) is 15.8. The van der Waals surface area contributed by atoms with Crippen molar-refractivity contribution >= 4 is 23.7 Å². The van der Waals surface area contributed by atoms with Gasteiger partial charge in [-0.3, -0.25) is 0 Å². The van der Waals surface area contributed by atoms with Gasteiger partial charge in [0.1, 0.15) is 60.7 Å². The van der Waals surface area contributed by atoms with Gasteiger partial charge in [-0.1, -0.05) is 12.1 Å². The Balaban J connectivity index is 1.25. The highest BCUT2D eigenvalue weighted by molar-refractivity contribution is 7.80. The molecule has 4 aromatic rings. The zero-order valence-corrected chi connectivity index (χ0v) is 30.1. The molecule has 3 N–H and O–H groups in total. The Bertz CT molecular complexity index is 2390. The van der Waals surface area contributed by atoms with Crippen molar-refractivity contribution in [2.75, 3.05) is 0 Å². The second kappa shape index (κ2) is 14.1. The van der Waals surface area contributed by atoms with Crippen molar-refractivity contribution in [1.29, 1.82) is 10.5 Å². The van der Waals surface area contributed by atoms with Gasteiger partial charge in [0.25, 0.3) is 0 Å². The molecule has 4 aliphatic carbocycles. The smallest absolute Gasteiger partial charge is 0.186 e. The maximum absolute atomic E-state index is 16.8. The molecule has 284 valence electrons.